The third-order valence-corrected chi connectivity index (χ3v) is 14.6. The summed E-state index contributed by atoms with van der Waals surface area (Å²) in [5.41, 5.74) is 22.1. The van der Waals surface area contributed by atoms with Crippen LogP contribution in [-0.2, 0) is 10.8 Å². The van der Waals surface area contributed by atoms with E-state index in [4.69, 9.17) is 4.42 Å². The van der Waals surface area contributed by atoms with Gasteiger partial charge in [0.05, 0.1) is 11.1 Å². The highest BCUT2D eigenvalue weighted by molar-refractivity contribution is 6.07. The molecule has 312 valence electrons. The van der Waals surface area contributed by atoms with Gasteiger partial charge in [0.25, 0.3) is 0 Å². The SMILES string of the molecule is CC1(C)c2ccccc2C2(c3ccccc3-c3cc(N(c4ccc5oc6ccccc6c5c4)c4ccccc4-c4ccccc4-c4ccccc4-c4ccccc4)ccc32)c2ccccc21. The van der Waals surface area contributed by atoms with Crippen LogP contribution in [0.5, 0.6) is 0 Å². The van der Waals surface area contributed by atoms with E-state index in [-0.39, 0.29) is 5.41 Å². The first-order valence-corrected chi connectivity index (χ1v) is 23.0. The Morgan fingerprint density at radius 2 is 0.788 bits per heavy atom. The van der Waals surface area contributed by atoms with E-state index >= 15 is 0 Å². The van der Waals surface area contributed by atoms with Crippen molar-refractivity contribution in [2.24, 2.45) is 0 Å². The van der Waals surface area contributed by atoms with Gasteiger partial charge in [0.1, 0.15) is 11.2 Å². The summed E-state index contributed by atoms with van der Waals surface area (Å²) in [4.78, 5) is 2.47. The molecule has 1 heterocycles. The Morgan fingerprint density at radius 1 is 0.318 bits per heavy atom. The minimum Gasteiger partial charge on any atom is -0.456 e. The number of hydrogen-bond acceptors (Lipinski definition) is 2. The third kappa shape index (κ3) is 5.48. The van der Waals surface area contributed by atoms with E-state index in [0.717, 1.165) is 44.6 Å². The number of benzene rings is 10. The third-order valence-electron chi connectivity index (χ3n) is 14.6. The van der Waals surface area contributed by atoms with Crippen molar-refractivity contribution in [3.05, 3.63) is 270 Å². The Bertz CT molecular complexity index is 3650. The van der Waals surface area contributed by atoms with Gasteiger partial charge in [-0.05, 0) is 115 Å². The number of hydrogen-bond donors (Lipinski definition) is 0. The molecule has 10 aromatic carbocycles. The minimum absolute atomic E-state index is 0.162. The molecule has 0 radical (unpaired) electrons. The smallest absolute Gasteiger partial charge is 0.135 e. The first kappa shape index (κ1) is 38.3. The molecule has 0 unspecified atom stereocenters. The van der Waals surface area contributed by atoms with Crippen molar-refractivity contribution in [2.45, 2.75) is 24.7 Å². The lowest BCUT2D eigenvalue weighted by Crippen LogP contribution is -2.40. The fourth-order valence-electron chi connectivity index (χ4n) is 11.7. The molecule has 2 nitrogen and oxygen atoms in total. The summed E-state index contributed by atoms with van der Waals surface area (Å²) in [5.74, 6) is 0. The van der Waals surface area contributed by atoms with E-state index in [9.17, 15) is 0 Å². The summed E-state index contributed by atoms with van der Waals surface area (Å²) in [6, 6.07) is 87.1. The predicted octanol–water partition coefficient (Wildman–Crippen LogP) is 17.1. The first-order valence-electron chi connectivity index (χ1n) is 23.0. The van der Waals surface area contributed by atoms with Gasteiger partial charge in [-0.1, -0.05) is 208 Å². The molecule has 2 aliphatic carbocycles. The average molecular weight is 844 g/mol. The van der Waals surface area contributed by atoms with Crippen LogP contribution >= 0.6 is 0 Å². The lowest BCUT2D eigenvalue weighted by Gasteiger charge is -2.46. The second-order valence-electron chi connectivity index (χ2n) is 18.3. The van der Waals surface area contributed by atoms with E-state index in [1.165, 1.54) is 72.3 Å². The molecule has 66 heavy (non-hydrogen) atoms. The normalized spacial score (nSPS) is 13.8. The monoisotopic (exact) mass is 843 g/mol. The maximum absolute atomic E-state index is 6.42. The quantitative estimate of drug-likeness (QED) is 0.166. The Hall–Kier alpha value is -8.20. The summed E-state index contributed by atoms with van der Waals surface area (Å²) in [5, 5.41) is 2.19. The molecule has 1 aromatic heterocycles. The van der Waals surface area contributed by atoms with Gasteiger partial charge in [-0.15, -0.1) is 0 Å². The van der Waals surface area contributed by atoms with Gasteiger partial charge in [-0.2, -0.15) is 0 Å². The Balaban J connectivity index is 1.07. The molecule has 0 fully saturated rings. The molecule has 0 aliphatic heterocycles. The van der Waals surface area contributed by atoms with Gasteiger partial charge in [0, 0.05) is 33.1 Å². The average Bonchev–Trinajstić information content (AvgIpc) is 3.90. The number of nitrogens with zero attached hydrogens (tertiary/aromatic N) is 1. The zero-order valence-corrected chi connectivity index (χ0v) is 36.9. The van der Waals surface area contributed by atoms with E-state index in [1.807, 2.05) is 6.07 Å². The zero-order chi connectivity index (χ0) is 44.0. The first-order chi connectivity index (χ1) is 32.5. The highest BCUT2D eigenvalue weighted by Gasteiger charge is 2.53. The van der Waals surface area contributed by atoms with Crippen molar-refractivity contribution in [3.8, 4) is 44.5 Å². The number of para-hydroxylation sites is 2. The molecule has 2 aliphatic rings. The van der Waals surface area contributed by atoms with Gasteiger partial charge in [-0.3, -0.25) is 0 Å². The van der Waals surface area contributed by atoms with Crippen molar-refractivity contribution >= 4 is 39.0 Å². The second-order valence-corrected chi connectivity index (χ2v) is 18.3. The van der Waals surface area contributed by atoms with E-state index < -0.39 is 5.41 Å². The molecule has 0 atom stereocenters. The van der Waals surface area contributed by atoms with Gasteiger partial charge >= 0.3 is 0 Å². The molecular formula is C64H45NO. The zero-order valence-electron chi connectivity index (χ0n) is 36.9. The molecule has 13 rings (SSSR count). The molecule has 1 spiro atoms. The standard InChI is InChI=1S/C64H45NO/c1-63(2)56-30-14-16-32-58(56)64(59-33-17-15-31-57(59)63)54-29-13-10-26-49(54)52-40-43(36-38-55(52)64)65(44-37-39-62-53(41-44)51-28-12-19-35-61(51)66-62)60-34-18-11-27-50(60)48-25-9-8-24-47(48)46-23-7-6-22-45(46)42-20-4-3-5-21-42/h3-41H,1-2H3. The Kier molecular flexibility index (Phi) is 8.51. The number of fused-ring (bicyclic) bond motifs is 12. The van der Waals surface area contributed by atoms with E-state index in [2.05, 4.69) is 249 Å². The van der Waals surface area contributed by atoms with Crippen LogP contribution in [0.3, 0.4) is 0 Å². The van der Waals surface area contributed by atoms with E-state index in [1.54, 1.807) is 0 Å². The number of furan rings is 1. The Labute approximate surface area is 385 Å². The van der Waals surface area contributed by atoms with Crippen molar-refractivity contribution in [1.82, 2.24) is 0 Å². The maximum Gasteiger partial charge on any atom is 0.135 e. The molecule has 0 saturated carbocycles. The fourth-order valence-corrected chi connectivity index (χ4v) is 11.7. The van der Waals surface area contributed by atoms with Crippen LogP contribution in [0.15, 0.2) is 241 Å². The maximum atomic E-state index is 6.42. The van der Waals surface area contributed by atoms with Gasteiger partial charge in [-0.25, -0.2) is 0 Å². The van der Waals surface area contributed by atoms with Crippen molar-refractivity contribution < 1.29 is 4.42 Å². The van der Waals surface area contributed by atoms with Gasteiger partial charge < -0.3 is 9.32 Å². The Morgan fingerprint density at radius 3 is 1.50 bits per heavy atom. The van der Waals surface area contributed by atoms with Crippen LogP contribution < -0.4 is 4.90 Å². The van der Waals surface area contributed by atoms with Crippen molar-refractivity contribution in [1.29, 1.82) is 0 Å². The van der Waals surface area contributed by atoms with Crippen LogP contribution in [0.4, 0.5) is 17.1 Å². The lowest BCUT2D eigenvalue weighted by atomic mass is 9.55. The number of rotatable bonds is 6. The minimum atomic E-state index is -0.477. The predicted molar refractivity (Wildman–Crippen MR) is 274 cm³/mol. The van der Waals surface area contributed by atoms with Crippen LogP contribution in [-0.4, -0.2) is 0 Å². The largest absolute Gasteiger partial charge is 0.456 e. The van der Waals surface area contributed by atoms with Crippen molar-refractivity contribution in [3.63, 3.8) is 0 Å². The molecule has 11 aromatic rings. The van der Waals surface area contributed by atoms with Crippen LogP contribution in [0.25, 0.3) is 66.4 Å². The fraction of sp³-hybridized carbons (Fsp3) is 0.0625. The van der Waals surface area contributed by atoms with Gasteiger partial charge in [0.15, 0.2) is 0 Å². The lowest BCUT2D eigenvalue weighted by molar-refractivity contribution is 0.563. The molecular weight excluding hydrogens is 799 g/mol. The van der Waals surface area contributed by atoms with Crippen LogP contribution in [0.1, 0.15) is 47.2 Å². The topological polar surface area (TPSA) is 16.4 Å². The molecule has 0 N–H and O–H groups in total. The van der Waals surface area contributed by atoms with Crippen molar-refractivity contribution in [2.75, 3.05) is 4.90 Å². The molecule has 0 saturated heterocycles. The summed E-state index contributed by atoms with van der Waals surface area (Å²) in [6.07, 6.45) is 0. The highest BCUT2D eigenvalue weighted by Crippen LogP contribution is 2.63. The van der Waals surface area contributed by atoms with Crippen LogP contribution in [0, 0.1) is 0 Å². The number of anilines is 3. The highest BCUT2D eigenvalue weighted by atomic mass is 16.3. The summed E-state index contributed by atoms with van der Waals surface area (Å²) in [7, 11) is 0. The van der Waals surface area contributed by atoms with Crippen LogP contribution in [0.2, 0.25) is 0 Å². The van der Waals surface area contributed by atoms with Gasteiger partial charge in [0.2, 0.25) is 0 Å². The summed E-state index contributed by atoms with van der Waals surface area (Å²) in [6.45, 7) is 4.77. The summed E-state index contributed by atoms with van der Waals surface area (Å²) >= 11 is 0. The second kappa shape index (κ2) is 14.7. The summed E-state index contributed by atoms with van der Waals surface area (Å²) < 4.78 is 6.42. The van der Waals surface area contributed by atoms with E-state index in [0.29, 0.717) is 0 Å². The molecule has 0 amide bonds. The molecule has 2 heteroatoms. The molecule has 0 bridgehead atoms.